The molecule has 0 aliphatic rings. The van der Waals surface area contributed by atoms with E-state index in [2.05, 4.69) is 15.3 Å². The number of carbonyl (C=O) groups excluding carboxylic acids is 2. The predicted octanol–water partition coefficient (Wildman–Crippen LogP) is 1.57. The lowest BCUT2D eigenvalue weighted by atomic mass is 10.2. The number of hydrogen-bond donors (Lipinski definition) is 1. The number of carbonyl (C=O) groups is 2. The minimum atomic E-state index is -1.46. The zero-order chi connectivity index (χ0) is 19.1. The molecule has 1 amide bonds. The van der Waals surface area contributed by atoms with Gasteiger partial charge >= 0.3 is 0 Å². The number of benzene rings is 1. The number of anilines is 2. The molecule has 136 valence electrons. The van der Waals surface area contributed by atoms with Gasteiger partial charge in [0.2, 0.25) is 5.91 Å². The zero-order valence-electron chi connectivity index (χ0n) is 14.6. The second-order valence-electron chi connectivity index (χ2n) is 5.42. The molecule has 7 nitrogen and oxygen atoms in total. The smallest absolute Gasteiger partial charge is 0.248 e. The van der Waals surface area contributed by atoms with Crippen LogP contribution < -0.4 is 15.3 Å². The van der Waals surface area contributed by atoms with Crippen LogP contribution in [0.15, 0.2) is 46.9 Å². The van der Waals surface area contributed by atoms with Crippen LogP contribution in [0.5, 0.6) is 0 Å². The summed E-state index contributed by atoms with van der Waals surface area (Å²) in [5.74, 6) is -1.78. The van der Waals surface area contributed by atoms with Crippen LogP contribution in [0.1, 0.15) is 11.1 Å². The molecule has 0 saturated carbocycles. The first-order chi connectivity index (χ1) is 12.4. The highest BCUT2D eigenvalue weighted by atomic mass is 32.1. The van der Waals surface area contributed by atoms with Crippen molar-refractivity contribution in [3.05, 3.63) is 52.9 Å². The van der Waals surface area contributed by atoms with E-state index >= 15 is 0 Å². The Balaban J connectivity index is 2.02. The highest BCUT2D eigenvalue weighted by molar-refractivity contribution is 7.14. The molecule has 1 heterocycles. The SMILES string of the molecule is CO/N=C(/C(=O)[O-])c1csc(NC(=O)/C=C/c2ccc(N(C)C)cc2)c1. The molecule has 0 spiro atoms. The van der Waals surface area contributed by atoms with E-state index in [-0.39, 0.29) is 11.6 Å². The number of rotatable bonds is 7. The van der Waals surface area contributed by atoms with Crippen LogP contribution in [-0.2, 0) is 14.4 Å². The second kappa shape index (κ2) is 8.82. The molecule has 0 saturated heterocycles. The predicted molar refractivity (Wildman–Crippen MR) is 101 cm³/mol. The highest BCUT2D eigenvalue weighted by Crippen LogP contribution is 2.21. The first-order valence-corrected chi connectivity index (χ1v) is 8.46. The third-order valence-electron chi connectivity index (χ3n) is 3.33. The molecule has 0 atom stereocenters. The molecule has 1 aromatic carbocycles. The third-order valence-corrected chi connectivity index (χ3v) is 4.18. The number of oxime groups is 1. The van der Waals surface area contributed by atoms with Crippen molar-refractivity contribution >= 4 is 45.7 Å². The Morgan fingerprint density at radius 2 is 1.96 bits per heavy atom. The first kappa shape index (κ1) is 19.2. The van der Waals surface area contributed by atoms with E-state index in [1.165, 1.54) is 30.6 Å². The number of carboxylic acids is 1. The maximum Gasteiger partial charge on any atom is 0.248 e. The highest BCUT2D eigenvalue weighted by Gasteiger charge is 2.10. The van der Waals surface area contributed by atoms with Crippen LogP contribution >= 0.6 is 11.3 Å². The van der Waals surface area contributed by atoms with Crippen LogP contribution in [-0.4, -0.2) is 38.8 Å². The van der Waals surface area contributed by atoms with Gasteiger partial charge in [-0.2, -0.15) is 0 Å². The largest absolute Gasteiger partial charge is 0.543 e. The molecule has 0 aliphatic heterocycles. The van der Waals surface area contributed by atoms with Gasteiger partial charge in [0.05, 0.1) is 11.0 Å². The molecule has 1 aromatic heterocycles. The molecule has 8 heteroatoms. The number of hydrogen-bond acceptors (Lipinski definition) is 7. The van der Waals surface area contributed by atoms with Crippen LogP contribution in [0.25, 0.3) is 6.08 Å². The van der Waals surface area contributed by atoms with E-state index in [9.17, 15) is 14.7 Å². The Kier molecular flexibility index (Phi) is 6.51. The first-order valence-electron chi connectivity index (χ1n) is 7.58. The number of carboxylic acid groups (broad SMARTS) is 1. The molecule has 0 aliphatic carbocycles. The van der Waals surface area contributed by atoms with Crippen LogP contribution in [0.3, 0.4) is 0 Å². The van der Waals surface area contributed by atoms with Gasteiger partial charge in [0.25, 0.3) is 0 Å². The lowest BCUT2D eigenvalue weighted by Crippen LogP contribution is -2.32. The quantitative estimate of drug-likeness (QED) is 0.452. The Morgan fingerprint density at radius 1 is 1.27 bits per heavy atom. The van der Waals surface area contributed by atoms with Gasteiger partial charge in [-0.25, -0.2) is 0 Å². The Labute approximate surface area is 155 Å². The van der Waals surface area contributed by atoms with Gasteiger partial charge in [-0.3, -0.25) is 4.79 Å². The lowest BCUT2D eigenvalue weighted by molar-refractivity contribution is -0.294. The van der Waals surface area contributed by atoms with Crippen LogP contribution in [0.4, 0.5) is 10.7 Å². The number of nitrogens with one attached hydrogen (secondary N) is 1. The van der Waals surface area contributed by atoms with Crippen molar-refractivity contribution < 1.29 is 19.5 Å². The molecule has 26 heavy (non-hydrogen) atoms. The molecule has 0 radical (unpaired) electrons. The average molecular weight is 372 g/mol. The number of thiophene rings is 1. The van der Waals surface area contributed by atoms with E-state index in [0.717, 1.165) is 11.3 Å². The van der Waals surface area contributed by atoms with E-state index in [4.69, 9.17) is 0 Å². The third kappa shape index (κ3) is 5.18. The Bertz CT molecular complexity index is 838. The topological polar surface area (TPSA) is 94.1 Å². The van der Waals surface area contributed by atoms with Gasteiger partial charge < -0.3 is 25.0 Å². The second-order valence-corrected chi connectivity index (χ2v) is 6.33. The van der Waals surface area contributed by atoms with E-state index in [1.54, 1.807) is 11.5 Å². The van der Waals surface area contributed by atoms with Crippen LogP contribution in [0.2, 0.25) is 0 Å². The maximum atomic E-state index is 12.0. The molecule has 0 unspecified atom stereocenters. The lowest BCUT2D eigenvalue weighted by Gasteiger charge is -2.11. The Hall–Kier alpha value is -3.13. The number of nitrogens with zero attached hydrogens (tertiary/aromatic N) is 2. The van der Waals surface area contributed by atoms with Crippen LogP contribution in [0, 0.1) is 0 Å². The van der Waals surface area contributed by atoms with E-state index in [0.29, 0.717) is 10.6 Å². The molecule has 2 rings (SSSR count). The van der Waals surface area contributed by atoms with Gasteiger partial charge in [0.1, 0.15) is 12.8 Å². The van der Waals surface area contributed by atoms with Crippen molar-refractivity contribution in [2.24, 2.45) is 5.16 Å². The summed E-state index contributed by atoms with van der Waals surface area (Å²) < 4.78 is 0. The summed E-state index contributed by atoms with van der Waals surface area (Å²) in [5, 5.41) is 19.2. The van der Waals surface area contributed by atoms with Gasteiger partial charge in [-0.1, -0.05) is 17.3 Å². The minimum absolute atomic E-state index is 0.301. The van der Waals surface area contributed by atoms with Gasteiger partial charge in [0, 0.05) is 36.8 Å². The molecular weight excluding hydrogens is 354 g/mol. The van der Waals surface area contributed by atoms with Crippen molar-refractivity contribution in [3.8, 4) is 0 Å². The van der Waals surface area contributed by atoms with Crippen molar-refractivity contribution in [1.82, 2.24) is 0 Å². The summed E-state index contributed by atoms with van der Waals surface area (Å²) in [6, 6.07) is 9.24. The number of amides is 1. The van der Waals surface area contributed by atoms with Crippen molar-refractivity contribution in [2.45, 2.75) is 0 Å². The summed E-state index contributed by atoms with van der Waals surface area (Å²) in [5.41, 5.74) is 1.93. The fourth-order valence-corrected chi connectivity index (χ4v) is 2.83. The van der Waals surface area contributed by atoms with Crippen molar-refractivity contribution in [2.75, 3.05) is 31.4 Å². The summed E-state index contributed by atoms with van der Waals surface area (Å²) in [4.78, 5) is 29.5. The molecule has 2 aromatic rings. The van der Waals surface area contributed by atoms with Crippen molar-refractivity contribution in [3.63, 3.8) is 0 Å². The molecule has 0 fully saturated rings. The standard InChI is InChI=1S/C18H19N3O4S/c1-21(2)14-7-4-12(5-8-14)6-9-15(22)19-16-10-13(11-26-16)17(18(23)24)20-25-3/h4-11H,1-3H3,(H,19,22)(H,23,24)/p-1/b9-6+,20-17+. The fraction of sp³-hybridized carbons (Fsp3) is 0.167. The van der Waals surface area contributed by atoms with Gasteiger partial charge in [0.15, 0.2) is 0 Å². The maximum absolute atomic E-state index is 12.0. The summed E-state index contributed by atoms with van der Waals surface area (Å²) >= 11 is 1.18. The monoisotopic (exact) mass is 372 g/mol. The van der Waals surface area contributed by atoms with E-state index in [1.807, 2.05) is 43.3 Å². The van der Waals surface area contributed by atoms with Gasteiger partial charge in [-0.15, -0.1) is 11.3 Å². The normalized spacial score (nSPS) is 11.4. The minimum Gasteiger partial charge on any atom is -0.543 e. The Morgan fingerprint density at radius 3 is 2.54 bits per heavy atom. The zero-order valence-corrected chi connectivity index (χ0v) is 15.4. The summed E-state index contributed by atoms with van der Waals surface area (Å²) in [7, 11) is 5.15. The van der Waals surface area contributed by atoms with Gasteiger partial charge in [-0.05, 0) is 29.8 Å². The summed E-state index contributed by atoms with van der Waals surface area (Å²) in [6.45, 7) is 0. The number of aliphatic carboxylic acids is 1. The molecule has 0 bridgehead atoms. The summed E-state index contributed by atoms with van der Waals surface area (Å²) in [6.07, 6.45) is 3.11. The van der Waals surface area contributed by atoms with Crippen molar-refractivity contribution in [1.29, 1.82) is 0 Å². The molecular formula is C18H18N3O4S-. The average Bonchev–Trinajstić information content (AvgIpc) is 3.05. The fourth-order valence-electron chi connectivity index (χ4n) is 2.04. The molecule has 1 N–H and O–H groups in total. The van der Waals surface area contributed by atoms with E-state index < -0.39 is 5.97 Å².